The lowest BCUT2D eigenvalue weighted by Crippen LogP contribution is -2.44. The minimum atomic E-state index is -0.575. The Labute approximate surface area is 124 Å². The maximum absolute atomic E-state index is 12.1. The van der Waals surface area contributed by atoms with Crippen LogP contribution >= 0.6 is 0 Å². The third-order valence-electron chi connectivity index (χ3n) is 3.39. The summed E-state index contributed by atoms with van der Waals surface area (Å²) in [6.07, 6.45) is -0.444. The molecule has 1 heterocycles. The van der Waals surface area contributed by atoms with Gasteiger partial charge >= 0.3 is 6.09 Å². The van der Waals surface area contributed by atoms with Gasteiger partial charge in [-0.05, 0) is 12.5 Å². The van der Waals surface area contributed by atoms with Crippen molar-refractivity contribution in [3.63, 3.8) is 0 Å². The summed E-state index contributed by atoms with van der Waals surface area (Å²) in [6.45, 7) is 2.69. The van der Waals surface area contributed by atoms with Crippen molar-refractivity contribution in [2.45, 2.75) is 32.2 Å². The number of hydrogen-bond donors (Lipinski definition) is 1. The van der Waals surface area contributed by atoms with Crippen LogP contribution in [0, 0.1) is 0 Å². The van der Waals surface area contributed by atoms with E-state index < -0.39 is 12.1 Å². The van der Waals surface area contributed by atoms with E-state index in [0.717, 1.165) is 5.56 Å². The number of benzene rings is 1. The Kier molecular flexibility index (Phi) is 5.16. The van der Waals surface area contributed by atoms with E-state index in [1.165, 1.54) is 12.0 Å². The highest BCUT2D eigenvalue weighted by atomic mass is 16.5. The molecule has 6 heteroatoms. The lowest BCUT2D eigenvalue weighted by Gasteiger charge is -2.25. The van der Waals surface area contributed by atoms with Gasteiger partial charge in [-0.1, -0.05) is 30.3 Å². The minimum Gasteiger partial charge on any atom is -0.453 e. The standard InChI is InChI=1S/C15H20N2O4/c1-3-21-13-9-12(14(18)16-13)17(15(19)20-2)10-11-7-5-4-6-8-11/h4-8,12-13H,3,9-10H2,1-2H3,(H,16,18). The van der Waals surface area contributed by atoms with Crippen molar-refractivity contribution in [1.29, 1.82) is 0 Å². The van der Waals surface area contributed by atoms with Crippen LogP contribution in [0.25, 0.3) is 0 Å². The number of hydrogen-bond acceptors (Lipinski definition) is 4. The van der Waals surface area contributed by atoms with E-state index >= 15 is 0 Å². The van der Waals surface area contributed by atoms with Gasteiger partial charge in [-0.25, -0.2) is 4.79 Å². The first-order chi connectivity index (χ1) is 10.2. The molecule has 0 radical (unpaired) electrons. The summed E-state index contributed by atoms with van der Waals surface area (Å²) in [5, 5.41) is 2.74. The molecule has 0 spiro atoms. The molecule has 114 valence electrons. The van der Waals surface area contributed by atoms with Gasteiger partial charge < -0.3 is 14.8 Å². The highest BCUT2D eigenvalue weighted by Gasteiger charge is 2.39. The number of ether oxygens (including phenoxy) is 2. The van der Waals surface area contributed by atoms with E-state index in [0.29, 0.717) is 19.6 Å². The van der Waals surface area contributed by atoms with Crippen molar-refractivity contribution in [3.8, 4) is 0 Å². The van der Waals surface area contributed by atoms with Crippen molar-refractivity contribution in [1.82, 2.24) is 10.2 Å². The highest BCUT2D eigenvalue weighted by molar-refractivity contribution is 5.87. The molecular formula is C15H20N2O4. The molecule has 6 nitrogen and oxygen atoms in total. The van der Waals surface area contributed by atoms with Crippen molar-refractivity contribution < 1.29 is 19.1 Å². The smallest absolute Gasteiger partial charge is 0.410 e. The first-order valence-electron chi connectivity index (χ1n) is 6.96. The van der Waals surface area contributed by atoms with Crippen LogP contribution in [0.2, 0.25) is 0 Å². The van der Waals surface area contributed by atoms with Gasteiger partial charge in [0.1, 0.15) is 12.3 Å². The zero-order valence-electron chi connectivity index (χ0n) is 12.2. The first-order valence-corrected chi connectivity index (χ1v) is 6.96. The van der Waals surface area contributed by atoms with Crippen molar-refractivity contribution >= 4 is 12.0 Å². The lowest BCUT2D eigenvalue weighted by molar-refractivity contribution is -0.124. The third kappa shape index (κ3) is 3.72. The zero-order valence-corrected chi connectivity index (χ0v) is 12.2. The van der Waals surface area contributed by atoms with Crippen LogP contribution in [0.15, 0.2) is 30.3 Å². The molecule has 1 fully saturated rings. The van der Waals surface area contributed by atoms with Crippen LogP contribution in [-0.4, -0.2) is 42.9 Å². The van der Waals surface area contributed by atoms with Gasteiger partial charge in [0.25, 0.3) is 0 Å². The van der Waals surface area contributed by atoms with E-state index in [-0.39, 0.29) is 12.1 Å². The second-order valence-electron chi connectivity index (χ2n) is 4.79. The Bertz CT molecular complexity index is 492. The molecule has 1 aromatic rings. The molecule has 1 aliphatic heterocycles. The Morgan fingerprint density at radius 1 is 1.38 bits per heavy atom. The molecule has 1 N–H and O–H groups in total. The molecule has 1 saturated heterocycles. The van der Waals surface area contributed by atoms with Gasteiger partial charge in [0.15, 0.2) is 0 Å². The largest absolute Gasteiger partial charge is 0.453 e. The number of amides is 2. The van der Waals surface area contributed by atoms with Crippen LogP contribution in [0.4, 0.5) is 4.79 Å². The van der Waals surface area contributed by atoms with Gasteiger partial charge in [-0.15, -0.1) is 0 Å². The van der Waals surface area contributed by atoms with Crippen molar-refractivity contribution in [2.24, 2.45) is 0 Å². The lowest BCUT2D eigenvalue weighted by atomic mass is 10.1. The van der Waals surface area contributed by atoms with Crippen LogP contribution in [0.3, 0.4) is 0 Å². The molecule has 2 amide bonds. The zero-order chi connectivity index (χ0) is 15.2. The van der Waals surface area contributed by atoms with Crippen LogP contribution in [-0.2, 0) is 20.8 Å². The molecule has 0 aromatic heterocycles. The van der Waals surface area contributed by atoms with E-state index in [9.17, 15) is 9.59 Å². The summed E-state index contributed by atoms with van der Waals surface area (Å²) in [4.78, 5) is 25.5. The van der Waals surface area contributed by atoms with Crippen LogP contribution in [0.1, 0.15) is 18.9 Å². The Hall–Kier alpha value is -2.08. The van der Waals surface area contributed by atoms with Gasteiger partial charge in [0.05, 0.1) is 7.11 Å². The average Bonchev–Trinajstić information content (AvgIpc) is 2.86. The number of rotatable bonds is 5. The second-order valence-corrected chi connectivity index (χ2v) is 4.79. The SMILES string of the molecule is CCOC1CC(N(Cc2ccccc2)C(=O)OC)C(=O)N1. The molecule has 2 rings (SSSR count). The van der Waals surface area contributed by atoms with E-state index in [2.05, 4.69) is 5.32 Å². The second kappa shape index (κ2) is 7.08. The Morgan fingerprint density at radius 2 is 2.10 bits per heavy atom. The molecule has 1 aliphatic rings. The maximum Gasteiger partial charge on any atom is 0.410 e. The summed E-state index contributed by atoms with van der Waals surface area (Å²) in [7, 11) is 1.31. The molecule has 2 atom stereocenters. The quantitative estimate of drug-likeness (QED) is 0.893. The monoisotopic (exact) mass is 292 g/mol. The first kappa shape index (κ1) is 15.3. The molecule has 1 aromatic carbocycles. The number of nitrogens with one attached hydrogen (secondary N) is 1. The summed E-state index contributed by atoms with van der Waals surface area (Å²) in [5.41, 5.74) is 0.940. The van der Waals surface area contributed by atoms with Gasteiger partial charge in [0, 0.05) is 19.6 Å². The van der Waals surface area contributed by atoms with E-state index in [1.807, 2.05) is 37.3 Å². The molecule has 21 heavy (non-hydrogen) atoms. The normalized spacial score (nSPS) is 21.0. The topological polar surface area (TPSA) is 67.9 Å². The predicted octanol–water partition coefficient (Wildman–Crippen LogP) is 1.51. The summed E-state index contributed by atoms with van der Waals surface area (Å²) in [5.74, 6) is -0.213. The highest BCUT2D eigenvalue weighted by Crippen LogP contribution is 2.19. The van der Waals surface area contributed by atoms with Gasteiger partial charge in [0.2, 0.25) is 5.91 Å². The van der Waals surface area contributed by atoms with Crippen LogP contribution in [0.5, 0.6) is 0 Å². The molecular weight excluding hydrogens is 272 g/mol. The van der Waals surface area contributed by atoms with Crippen molar-refractivity contribution in [2.75, 3.05) is 13.7 Å². The predicted molar refractivity (Wildman–Crippen MR) is 76.4 cm³/mol. The fourth-order valence-corrected chi connectivity index (χ4v) is 2.40. The molecule has 0 saturated carbocycles. The summed E-state index contributed by atoms with van der Waals surface area (Å²) < 4.78 is 10.2. The van der Waals surface area contributed by atoms with E-state index in [1.54, 1.807) is 0 Å². The molecule has 2 unspecified atom stereocenters. The number of carbonyl (C=O) groups is 2. The Morgan fingerprint density at radius 3 is 2.71 bits per heavy atom. The minimum absolute atomic E-state index is 0.213. The van der Waals surface area contributed by atoms with Crippen molar-refractivity contribution in [3.05, 3.63) is 35.9 Å². The molecule has 0 bridgehead atoms. The van der Waals surface area contributed by atoms with Crippen LogP contribution < -0.4 is 5.32 Å². The fraction of sp³-hybridized carbons (Fsp3) is 0.467. The number of carbonyl (C=O) groups excluding carboxylic acids is 2. The maximum atomic E-state index is 12.1. The van der Waals surface area contributed by atoms with Gasteiger partial charge in [-0.3, -0.25) is 9.69 Å². The Balaban J connectivity index is 2.13. The third-order valence-corrected chi connectivity index (χ3v) is 3.39. The molecule has 0 aliphatic carbocycles. The fourth-order valence-electron chi connectivity index (χ4n) is 2.40. The average molecular weight is 292 g/mol. The van der Waals surface area contributed by atoms with E-state index in [4.69, 9.17) is 9.47 Å². The summed E-state index contributed by atoms with van der Waals surface area (Å²) in [6, 6.07) is 8.92. The van der Waals surface area contributed by atoms with Gasteiger partial charge in [-0.2, -0.15) is 0 Å². The summed E-state index contributed by atoms with van der Waals surface area (Å²) >= 11 is 0. The number of methoxy groups -OCH3 is 1. The number of nitrogens with zero attached hydrogens (tertiary/aromatic N) is 1.